The van der Waals surface area contributed by atoms with Crippen LogP contribution >= 0.6 is 22.7 Å². The highest BCUT2D eigenvalue weighted by Crippen LogP contribution is 2.57. The minimum Gasteiger partial charge on any atom is -0.208 e. The molecule has 82 heavy (non-hydrogen) atoms. The number of benzene rings is 11. The topological polar surface area (TPSA) is 77.3 Å². The lowest BCUT2D eigenvalue weighted by Gasteiger charge is -2.42. The molecule has 18 rings (SSSR count). The largest absolute Gasteiger partial charge is 0.208 e. The first-order valence-electron chi connectivity index (χ1n) is 27.7. The smallest absolute Gasteiger partial charge is 0.164 e. The Labute approximate surface area is 480 Å². The van der Waals surface area contributed by atoms with E-state index in [9.17, 15) is 0 Å². The molecule has 2 bridgehead atoms. The molecule has 0 spiro atoms. The van der Waals surface area contributed by atoms with Gasteiger partial charge >= 0.3 is 0 Å². The van der Waals surface area contributed by atoms with E-state index >= 15 is 0 Å². The Bertz CT molecular complexity index is 4770. The summed E-state index contributed by atoms with van der Waals surface area (Å²) in [6.45, 7) is 0. The highest BCUT2D eigenvalue weighted by molar-refractivity contribution is 7.26. The average Bonchev–Trinajstić information content (AvgIpc) is 3.24. The third kappa shape index (κ3) is 7.46. The van der Waals surface area contributed by atoms with E-state index < -0.39 is 0 Å². The first kappa shape index (κ1) is 46.8. The van der Waals surface area contributed by atoms with E-state index in [0.29, 0.717) is 34.9 Å². The quantitative estimate of drug-likeness (QED) is 0.151. The summed E-state index contributed by atoms with van der Waals surface area (Å²) in [7, 11) is 0. The van der Waals surface area contributed by atoms with E-state index in [2.05, 4.69) is 218 Å². The van der Waals surface area contributed by atoms with Gasteiger partial charge in [-0.25, -0.2) is 29.9 Å². The van der Waals surface area contributed by atoms with Crippen molar-refractivity contribution in [1.82, 2.24) is 29.9 Å². The zero-order chi connectivity index (χ0) is 53.8. The van der Waals surface area contributed by atoms with Crippen molar-refractivity contribution in [1.29, 1.82) is 0 Å². The number of rotatable bonds is 8. The van der Waals surface area contributed by atoms with Crippen LogP contribution in [0.1, 0.15) is 45.2 Å². The third-order valence-electron chi connectivity index (χ3n) is 16.6. The van der Waals surface area contributed by atoms with Crippen LogP contribution in [0.5, 0.6) is 0 Å². The summed E-state index contributed by atoms with van der Waals surface area (Å²) in [6, 6.07) is 91.0. The number of aromatic nitrogens is 6. The average molecular weight is 1080 g/mol. The molecule has 11 aromatic carbocycles. The second-order valence-corrected chi connectivity index (χ2v) is 23.3. The van der Waals surface area contributed by atoms with Crippen LogP contribution in [-0.2, 0) is 0 Å². The molecule has 2 atom stereocenters. The summed E-state index contributed by atoms with van der Waals surface area (Å²) >= 11 is 3.67. The van der Waals surface area contributed by atoms with Crippen LogP contribution in [0.3, 0.4) is 0 Å². The standard InChI is InChI=1S/C74H44N6S2/c1-3-19-43(20-4-1)69-75-71(79-73(77-69)59-29-11-7-23-47(59)55-31-17-33-57-49-25-13-15-35-63(49)81-67(55)57)45-37-39-53-61(41-45)65-51-27-9-10-28-52(51)66(53)62-42-46(38-40-54(62)65)72-76-70(44-21-5-2-6-22-44)78-74(80-72)60-30-12-8-24-48(60)56-32-18-34-58-50-26-14-16-36-64(50)82-68(56)58/h1-42,65-66H. The van der Waals surface area contributed by atoms with Crippen molar-refractivity contribution >= 4 is 63.0 Å². The van der Waals surface area contributed by atoms with Crippen molar-refractivity contribution in [3.05, 3.63) is 288 Å². The second-order valence-electron chi connectivity index (χ2n) is 21.2. The molecule has 0 saturated carbocycles. The van der Waals surface area contributed by atoms with Crippen LogP contribution in [0, 0.1) is 0 Å². The summed E-state index contributed by atoms with van der Waals surface area (Å²) in [5.41, 5.74) is 17.9. The molecule has 15 aromatic rings. The predicted octanol–water partition coefficient (Wildman–Crippen LogP) is 19.1. The van der Waals surface area contributed by atoms with Gasteiger partial charge in [0.15, 0.2) is 34.9 Å². The van der Waals surface area contributed by atoms with Gasteiger partial charge in [0.05, 0.1) is 0 Å². The first-order valence-corrected chi connectivity index (χ1v) is 29.3. The Morgan fingerprint density at radius 1 is 0.220 bits per heavy atom. The number of hydrogen-bond donors (Lipinski definition) is 0. The maximum atomic E-state index is 5.42. The Kier molecular flexibility index (Phi) is 10.7. The van der Waals surface area contributed by atoms with Gasteiger partial charge in [0.1, 0.15) is 0 Å². The summed E-state index contributed by atoms with van der Waals surface area (Å²) in [4.78, 5) is 32.0. The van der Waals surface area contributed by atoms with E-state index in [4.69, 9.17) is 29.9 Å². The Hall–Kier alpha value is -10.1. The second kappa shape index (κ2) is 18.7. The highest BCUT2D eigenvalue weighted by atomic mass is 32.1. The molecule has 0 radical (unpaired) electrons. The summed E-state index contributed by atoms with van der Waals surface area (Å²) in [6.07, 6.45) is 0. The van der Waals surface area contributed by atoms with Crippen LogP contribution < -0.4 is 0 Å². The van der Waals surface area contributed by atoms with Gasteiger partial charge in [-0.3, -0.25) is 0 Å². The Balaban J connectivity index is 0.792. The number of nitrogens with zero attached hydrogens (tertiary/aromatic N) is 6. The molecule has 8 heteroatoms. The van der Waals surface area contributed by atoms with Gasteiger partial charge in [-0.1, -0.05) is 231 Å². The van der Waals surface area contributed by atoms with Gasteiger partial charge in [-0.2, -0.15) is 0 Å². The highest BCUT2D eigenvalue weighted by Gasteiger charge is 2.42. The van der Waals surface area contributed by atoms with E-state index in [1.165, 1.54) is 73.7 Å². The van der Waals surface area contributed by atoms with Crippen molar-refractivity contribution in [2.75, 3.05) is 0 Å². The zero-order valence-electron chi connectivity index (χ0n) is 43.9. The van der Waals surface area contributed by atoms with Gasteiger partial charge in [-0.05, 0) is 68.8 Å². The lowest BCUT2D eigenvalue weighted by atomic mass is 9.61. The van der Waals surface area contributed by atoms with Crippen molar-refractivity contribution < 1.29 is 0 Å². The summed E-state index contributed by atoms with van der Waals surface area (Å²) in [5, 5.41) is 5.05. The van der Waals surface area contributed by atoms with Gasteiger partial charge in [0.25, 0.3) is 0 Å². The molecule has 4 heterocycles. The fraction of sp³-hybridized carbons (Fsp3) is 0.0270. The van der Waals surface area contributed by atoms with Gasteiger partial charge in [0, 0.05) is 96.7 Å². The molecule has 4 aromatic heterocycles. The van der Waals surface area contributed by atoms with Crippen LogP contribution in [0.15, 0.2) is 255 Å². The predicted molar refractivity (Wildman–Crippen MR) is 337 cm³/mol. The fourth-order valence-corrected chi connectivity index (χ4v) is 15.4. The van der Waals surface area contributed by atoms with E-state index in [1.54, 1.807) is 0 Å². The number of fused-ring (bicyclic) bond motifs is 6. The first-order chi connectivity index (χ1) is 40.6. The Morgan fingerprint density at radius 2 is 0.549 bits per heavy atom. The molecular weight excluding hydrogens is 1040 g/mol. The molecule has 0 aliphatic heterocycles. The summed E-state index contributed by atoms with van der Waals surface area (Å²) < 4.78 is 5.04. The van der Waals surface area contributed by atoms with Crippen molar-refractivity contribution in [2.45, 2.75) is 11.8 Å². The molecule has 3 aliphatic rings. The summed E-state index contributed by atoms with van der Waals surface area (Å²) in [5.74, 6) is 3.76. The number of hydrogen-bond acceptors (Lipinski definition) is 8. The maximum absolute atomic E-state index is 5.42. The van der Waals surface area contributed by atoms with E-state index in [0.717, 1.165) is 55.6 Å². The van der Waals surface area contributed by atoms with Crippen molar-refractivity contribution in [3.8, 4) is 90.6 Å². The molecule has 2 unspecified atom stereocenters. The van der Waals surface area contributed by atoms with Gasteiger partial charge < -0.3 is 0 Å². The molecule has 6 nitrogen and oxygen atoms in total. The minimum atomic E-state index is -0.0186. The van der Waals surface area contributed by atoms with Crippen molar-refractivity contribution in [2.24, 2.45) is 0 Å². The van der Waals surface area contributed by atoms with Crippen LogP contribution in [0.4, 0.5) is 0 Å². The van der Waals surface area contributed by atoms with Crippen LogP contribution in [-0.4, -0.2) is 29.9 Å². The molecule has 0 N–H and O–H groups in total. The van der Waals surface area contributed by atoms with E-state index in [-0.39, 0.29) is 11.8 Å². The monoisotopic (exact) mass is 1080 g/mol. The van der Waals surface area contributed by atoms with Gasteiger partial charge in [0.2, 0.25) is 0 Å². The Morgan fingerprint density at radius 3 is 1.00 bits per heavy atom. The third-order valence-corrected chi connectivity index (χ3v) is 19.1. The lowest BCUT2D eigenvalue weighted by Crippen LogP contribution is -2.27. The molecule has 3 aliphatic carbocycles. The molecule has 0 saturated heterocycles. The molecule has 0 fully saturated rings. The zero-order valence-corrected chi connectivity index (χ0v) is 45.5. The van der Waals surface area contributed by atoms with Gasteiger partial charge in [-0.15, -0.1) is 22.7 Å². The number of thiophene rings is 2. The van der Waals surface area contributed by atoms with Crippen molar-refractivity contribution in [3.63, 3.8) is 0 Å². The normalized spacial score (nSPS) is 14.1. The molecule has 0 amide bonds. The minimum absolute atomic E-state index is 0.0186. The molecule has 382 valence electrons. The maximum Gasteiger partial charge on any atom is 0.164 e. The van der Waals surface area contributed by atoms with E-state index in [1.807, 2.05) is 59.1 Å². The van der Waals surface area contributed by atoms with Crippen LogP contribution in [0.2, 0.25) is 0 Å². The van der Waals surface area contributed by atoms with Crippen LogP contribution in [0.25, 0.3) is 131 Å². The molecular formula is C74H44N6S2. The fourth-order valence-electron chi connectivity index (χ4n) is 12.9. The SMILES string of the molecule is c1ccc(-c2nc(-c3ccc4c(c3)C3c5ccccc5C4c4cc(-c5nc(-c6ccccc6)nc(-c6ccccc6-c6cccc7c6sc6ccccc67)n5)ccc43)nc(-c3ccccc3-c3cccc4c3sc3ccccc34)n2)cc1. The lowest BCUT2D eigenvalue weighted by molar-refractivity contribution is 0.754.